The number of halogens is 1. The molecule has 1 amide bonds. The predicted octanol–water partition coefficient (Wildman–Crippen LogP) is 3.40. The second kappa shape index (κ2) is 5.19. The van der Waals surface area contributed by atoms with E-state index in [4.69, 9.17) is 11.6 Å². The van der Waals surface area contributed by atoms with Crippen molar-refractivity contribution >= 4 is 28.8 Å². The van der Waals surface area contributed by atoms with E-state index < -0.39 is 5.38 Å². The number of alkyl halides is 1. The average molecular weight is 258 g/mol. The van der Waals surface area contributed by atoms with Crippen LogP contribution in [0.1, 0.15) is 41.5 Å². The van der Waals surface area contributed by atoms with Gasteiger partial charge in [-0.05, 0) is 36.8 Å². The van der Waals surface area contributed by atoms with Gasteiger partial charge < -0.3 is 5.32 Å². The van der Waals surface area contributed by atoms with Gasteiger partial charge in [0.25, 0.3) is 0 Å². The third-order valence-corrected chi connectivity index (χ3v) is 4.69. The first-order valence-electron chi connectivity index (χ1n) is 5.67. The Labute approximate surface area is 105 Å². The Morgan fingerprint density at radius 3 is 2.81 bits per heavy atom. The molecule has 1 aliphatic rings. The first kappa shape index (κ1) is 11.9. The minimum atomic E-state index is -0.527. The molecular formula is C12H16ClNOS. The lowest BCUT2D eigenvalue weighted by atomic mass is 10.2. The largest absolute Gasteiger partial charge is 0.352 e. The summed E-state index contributed by atoms with van der Waals surface area (Å²) < 4.78 is 0. The summed E-state index contributed by atoms with van der Waals surface area (Å²) in [5.41, 5.74) is 1.10. The van der Waals surface area contributed by atoms with Crippen molar-refractivity contribution in [2.24, 2.45) is 0 Å². The number of thiophene rings is 1. The highest BCUT2D eigenvalue weighted by atomic mass is 35.5. The molecule has 0 radical (unpaired) electrons. The van der Waals surface area contributed by atoms with Crippen LogP contribution in [0.4, 0.5) is 0 Å². The average Bonchev–Trinajstić information content (AvgIpc) is 2.88. The highest BCUT2D eigenvalue weighted by Crippen LogP contribution is 2.29. The molecule has 16 heavy (non-hydrogen) atoms. The maximum absolute atomic E-state index is 11.9. The molecule has 1 N–H and O–H groups in total. The molecule has 2 rings (SSSR count). The summed E-state index contributed by atoms with van der Waals surface area (Å²) in [5, 5.41) is 4.48. The zero-order valence-corrected chi connectivity index (χ0v) is 10.9. The van der Waals surface area contributed by atoms with Gasteiger partial charge in [0, 0.05) is 10.9 Å². The molecule has 0 aliphatic heterocycles. The SMILES string of the molecule is Cc1ccsc1C(Cl)C(=O)NC1CCCC1. The molecule has 1 aromatic heterocycles. The van der Waals surface area contributed by atoms with Crippen molar-refractivity contribution in [3.63, 3.8) is 0 Å². The van der Waals surface area contributed by atoms with Gasteiger partial charge in [-0.15, -0.1) is 22.9 Å². The van der Waals surface area contributed by atoms with Crippen molar-refractivity contribution < 1.29 is 4.79 Å². The third-order valence-electron chi connectivity index (χ3n) is 3.06. The van der Waals surface area contributed by atoms with Gasteiger partial charge >= 0.3 is 0 Å². The van der Waals surface area contributed by atoms with Gasteiger partial charge in [0.2, 0.25) is 5.91 Å². The Morgan fingerprint density at radius 2 is 2.25 bits per heavy atom. The van der Waals surface area contributed by atoms with Gasteiger partial charge in [0.15, 0.2) is 0 Å². The molecule has 0 spiro atoms. The van der Waals surface area contributed by atoms with Crippen molar-refractivity contribution in [1.82, 2.24) is 5.32 Å². The number of hydrogen-bond donors (Lipinski definition) is 1. The van der Waals surface area contributed by atoms with E-state index >= 15 is 0 Å². The molecule has 0 aromatic carbocycles. The molecule has 1 aliphatic carbocycles. The van der Waals surface area contributed by atoms with E-state index in [0.29, 0.717) is 6.04 Å². The summed E-state index contributed by atoms with van der Waals surface area (Å²) in [5.74, 6) is -0.0425. The molecular weight excluding hydrogens is 242 g/mol. The first-order chi connectivity index (χ1) is 7.68. The Hall–Kier alpha value is -0.540. The van der Waals surface area contributed by atoms with Crippen LogP contribution >= 0.6 is 22.9 Å². The molecule has 0 saturated heterocycles. The number of amides is 1. The van der Waals surface area contributed by atoms with Crippen molar-refractivity contribution in [2.45, 2.75) is 44.0 Å². The Balaban J connectivity index is 1.96. The van der Waals surface area contributed by atoms with Crippen LogP contribution in [0, 0.1) is 6.92 Å². The molecule has 1 unspecified atom stereocenters. The van der Waals surface area contributed by atoms with Crippen molar-refractivity contribution in [3.05, 3.63) is 21.9 Å². The molecule has 1 heterocycles. The highest BCUT2D eigenvalue weighted by Gasteiger charge is 2.24. The van der Waals surface area contributed by atoms with E-state index in [2.05, 4.69) is 5.32 Å². The third kappa shape index (κ3) is 2.58. The predicted molar refractivity (Wildman–Crippen MR) is 68.0 cm³/mol. The minimum Gasteiger partial charge on any atom is -0.352 e. The second-order valence-corrected chi connectivity index (χ2v) is 5.70. The molecule has 1 saturated carbocycles. The second-order valence-electron chi connectivity index (χ2n) is 4.32. The number of carbonyl (C=O) groups excluding carboxylic acids is 1. The summed E-state index contributed by atoms with van der Waals surface area (Å²) in [4.78, 5) is 12.9. The summed E-state index contributed by atoms with van der Waals surface area (Å²) >= 11 is 7.73. The van der Waals surface area contributed by atoms with E-state index in [1.165, 1.54) is 12.8 Å². The summed E-state index contributed by atoms with van der Waals surface area (Å²) in [6.07, 6.45) is 4.63. The maximum atomic E-state index is 11.9. The van der Waals surface area contributed by atoms with E-state index in [1.807, 2.05) is 18.4 Å². The van der Waals surface area contributed by atoms with Crippen LogP contribution in [-0.4, -0.2) is 11.9 Å². The fourth-order valence-electron chi connectivity index (χ4n) is 2.11. The van der Waals surface area contributed by atoms with Crippen molar-refractivity contribution in [3.8, 4) is 0 Å². The van der Waals surface area contributed by atoms with Crippen LogP contribution in [-0.2, 0) is 4.79 Å². The molecule has 4 heteroatoms. The summed E-state index contributed by atoms with van der Waals surface area (Å²) in [6, 6.07) is 2.34. The van der Waals surface area contributed by atoms with Gasteiger partial charge in [0.1, 0.15) is 5.38 Å². The van der Waals surface area contributed by atoms with E-state index in [9.17, 15) is 4.79 Å². The lowest BCUT2D eigenvalue weighted by Gasteiger charge is -2.15. The standard InChI is InChI=1S/C12H16ClNOS/c1-8-6-7-16-11(8)10(13)12(15)14-9-4-2-3-5-9/h6-7,9-10H,2-5H2,1H3,(H,14,15). The van der Waals surface area contributed by atoms with Crippen LogP contribution in [0.3, 0.4) is 0 Å². The smallest absolute Gasteiger partial charge is 0.243 e. The van der Waals surface area contributed by atoms with Gasteiger partial charge in [0.05, 0.1) is 0 Å². The van der Waals surface area contributed by atoms with Crippen LogP contribution in [0.25, 0.3) is 0 Å². The van der Waals surface area contributed by atoms with E-state index in [0.717, 1.165) is 23.3 Å². The Morgan fingerprint density at radius 1 is 1.56 bits per heavy atom. The molecule has 0 bridgehead atoms. The number of hydrogen-bond acceptors (Lipinski definition) is 2. The lowest BCUT2D eigenvalue weighted by Crippen LogP contribution is -2.34. The van der Waals surface area contributed by atoms with Gasteiger partial charge in [-0.2, -0.15) is 0 Å². The topological polar surface area (TPSA) is 29.1 Å². The fraction of sp³-hybridized carbons (Fsp3) is 0.583. The van der Waals surface area contributed by atoms with Crippen LogP contribution < -0.4 is 5.32 Å². The zero-order chi connectivity index (χ0) is 11.5. The number of nitrogens with one attached hydrogen (secondary N) is 1. The monoisotopic (exact) mass is 257 g/mol. The lowest BCUT2D eigenvalue weighted by molar-refractivity contribution is -0.121. The number of rotatable bonds is 3. The molecule has 2 nitrogen and oxygen atoms in total. The molecule has 88 valence electrons. The van der Waals surface area contributed by atoms with Gasteiger partial charge in [-0.25, -0.2) is 0 Å². The Bertz CT molecular complexity index is 371. The van der Waals surface area contributed by atoms with Gasteiger partial charge in [-0.1, -0.05) is 12.8 Å². The normalized spacial score (nSPS) is 18.6. The zero-order valence-electron chi connectivity index (χ0n) is 9.33. The van der Waals surface area contributed by atoms with Crippen molar-refractivity contribution in [2.75, 3.05) is 0 Å². The summed E-state index contributed by atoms with van der Waals surface area (Å²) in [6.45, 7) is 1.99. The number of carbonyl (C=O) groups is 1. The highest BCUT2D eigenvalue weighted by molar-refractivity contribution is 7.10. The fourth-order valence-corrected chi connectivity index (χ4v) is 3.40. The number of aryl methyl sites for hydroxylation is 1. The maximum Gasteiger partial charge on any atom is 0.243 e. The van der Waals surface area contributed by atoms with Crippen LogP contribution in [0.15, 0.2) is 11.4 Å². The quantitative estimate of drug-likeness (QED) is 0.827. The van der Waals surface area contributed by atoms with Gasteiger partial charge in [-0.3, -0.25) is 4.79 Å². The van der Waals surface area contributed by atoms with Crippen LogP contribution in [0.5, 0.6) is 0 Å². The van der Waals surface area contributed by atoms with Crippen molar-refractivity contribution in [1.29, 1.82) is 0 Å². The van der Waals surface area contributed by atoms with E-state index in [-0.39, 0.29) is 5.91 Å². The van der Waals surface area contributed by atoms with E-state index in [1.54, 1.807) is 11.3 Å². The minimum absolute atomic E-state index is 0.0425. The first-order valence-corrected chi connectivity index (χ1v) is 6.98. The summed E-state index contributed by atoms with van der Waals surface area (Å²) in [7, 11) is 0. The van der Waals surface area contributed by atoms with Crippen LogP contribution in [0.2, 0.25) is 0 Å². The Kier molecular flexibility index (Phi) is 3.87. The molecule has 1 aromatic rings. The molecule has 1 fully saturated rings. The molecule has 1 atom stereocenters.